The molecule has 0 amide bonds. The molecule has 1 aliphatic heterocycles. The van der Waals surface area contributed by atoms with Gasteiger partial charge in [0.1, 0.15) is 0 Å². The number of nitrogens with zero attached hydrogens (tertiary/aromatic N) is 2. The highest BCUT2D eigenvalue weighted by molar-refractivity contribution is 5.22. The van der Waals surface area contributed by atoms with Crippen LogP contribution in [-0.2, 0) is 13.0 Å². The summed E-state index contributed by atoms with van der Waals surface area (Å²) >= 11 is 0. The third kappa shape index (κ3) is 2.63. The molecule has 0 atom stereocenters. The summed E-state index contributed by atoms with van der Waals surface area (Å²) in [4.78, 5) is 4.82. The lowest BCUT2D eigenvalue weighted by Gasteiger charge is -2.42. The SMILES string of the molecule is CCc1ccc(CN(C)C2CN(C)C2)cc1. The average Bonchev–Trinajstić information content (AvgIpc) is 2.26. The highest BCUT2D eigenvalue weighted by Crippen LogP contribution is 2.14. The third-order valence-corrected chi connectivity index (χ3v) is 3.53. The standard InChI is InChI=1S/C14H22N2/c1-4-12-5-7-13(8-6-12)9-16(3)14-10-15(2)11-14/h5-8,14H,4,9-11H2,1-3H3. The molecule has 0 aliphatic carbocycles. The summed E-state index contributed by atoms with van der Waals surface area (Å²) in [5.41, 5.74) is 2.85. The van der Waals surface area contributed by atoms with E-state index in [1.807, 2.05) is 0 Å². The fraction of sp³-hybridized carbons (Fsp3) is 0.571. The van der Waals surface area contributed by atoms with Crippen LogP contribution in [0.1, 0.15) is 18.1 Å². The summed E-state index contributed by atoms with van der Waals surface area (Å²) in [5.74, 6) is 0. The fourth-order valence-electron chi connectivity index (χ4n) is 2.24. The topological polar surface area (TPSA) is 6.48 Å². The van der Waals surface area contributed by atoms with Crippen LogP contribution in [0, 0.1) is 0 Å². The van der Waals surface area contributed by atoms with E-state index in [1.54, 1.807) is 0 Å². The fourth-order valence-corrected chi connectivity index (χ4v) is 2.24. The maximum absolute atomic E-state index is 2.46. The van der Waals surface area contributed by atoms with E-state index >= 15 is 0 Å². The van der Waals surface area contributed by atoms with Gasteiger partial charge in [-0.25, -0.2) is 0 Å². The largest absolute Gasteiger partial charge is 0.303 e. The molecule has 2 nitrogen and oxygen atoms in total. The Kier molecular flexibility index (Phi) is 3.62. The van der Waals surface area contributed by atoms with Crippen molar-refractivity contribution >= 4 is 0 Å². The van der Waals surface area contributed by atoms with Gasteiger partial charge in [0.2, 0.25) is 0 Å². The minimum atomic E-state index is 0.746. The predicted molar refractivity (Wildman–Crippen MR) is 68.6 cm³/mol. The maximum Gasteiger partial charge on any atom is 0.0350 e. The quantitative estimate of drug-likeness (QED) is 0.762. The molecule has 0 N–H and O–H groups in total. The lowest BCUT2D eigenvalue weighted by atomic mass is 10.1. The van der Waals surface area contributed by atoms with Crippen LogP contribution < -0.4 is 0 Å². The third-order valence-electron chi connectivity index (χ3n) is 3.53. The van der Waals surface area contributed by atoms with Gasteiger partial charge in [0.25, 0.3) is 0 Å². The van der Waals surface area contributed by atoms with Crippen molar-refractivity contribution in [1.29, 1.82) is 0 Å². The van der Waals surface area contributed by atoms with Gasteiger partial charge in [-0.05, 0) is 31.6 Å². The second kappa shape index (κ2) is 4.98. The van der Waals surface area contributed by atoms with Gasteiger partial charge in [-0.3, -0.25) is 4.90 Å². The number of benzene rings is 1. The van der Waals surface area contributed by atoms with Crippen LogP contribution in [0.3, 0.4) is 0 Å². The molecule has 2 heteroatoms. The molecule has 0 saturated carbocycles. The van der Waals surface area contributed by atoms with Gasteiger partial charge in [0.05, 0.1) is 0 Å². The van der Waals surface area contributed by atoms with E-state index in [0.717, 1.165) is 19.0 Å². The molecule has 1 heterocycles. The van der Waals surface area contributed by atoms with E-state index in [0.29, 0.717) is 0 Å². The van der Waals surface area contributed by atoms with Crippen molar-refractivity contribution in [2.75, 3.05) is 27.2 Å². The molecule has 0 aromatic heterocycles. The zero-order valence-corrected chi connectivity index (χ0v) is 10.6. The smallest absolute Gasteiger partial charge is 0.0350 e. The van der Waals surface area contributed by atoms with Gasteiger partial charge in [-0.15, -0.1) is 0 Å². The molecule has 1 saturated heterocycles. The highest BCUT2D eigenvalue weighted by atomic mass is 15.3. The minimum Gasteiger partial charge on any atom is -0.303 e. The van der Waals surface area contributed by atoms with Crippen LogP contribution in [0.2, 0.25) is 0 Å². The highest BCUT2D eigenvalue weighted by Gasteiger charge is 2.26. The Bertz CT molecular complexity index is 325. The normalized spacial score (nSPS) is 17.8. The van der Waals surface area contributed by atoms with E-state index in [-0.39, 0.29) is 0 Å². The number of hydrogen-bond acceptors (Lipinski definition) is 2. The first-order chi connectivity index (χ1) is 7.69. The number of hydrogen-bond donors (Lipinski definition) is 0. The van der Waals surface area contributed by atoms with Gasteiger partial charge in [-0.1, -0.05) is 31.2 Å². The Balaban J connectivity index is 1.88. The number of likely N-dealkylation sites (tertiary alicyclic amines) is 1. The Morgan fingerprint density at radius 1 is 1.19 bits per heavy atom. The first kappa shape index (κ1) is 11.6. The zero-order valence-electron chi connectivity index (χ0n) is 10.6. The average molecular weight is 218 g/mol. The maximum atomic E-state index is 2.46. The summed E-state index contributed by atoms with van der Waals surface area (Å²) in [7, 11) is 4.41. The summed E-state index contributed by atoms with van der Waals surface area (Å²) in [6, 6.07) is 9.76. The van der Waals surface area contributed by atoms with Gasteiger partial charge >= 0.3 is 0 Å². The van der Waals surface area contributed by atoms with Gasteiger partial charge in [0, 0.05) is 25.7 Å². The summed E-state index contributed by atoms with van der Waals surface area (Å²) < 4.78 is 0. The van der Waals surface area contributed by atoms with Crippen LogP contribution in [0.25, 0.3) is 0 Å². The molecule has 2 rings (SSSR count). The van der Waals surface area contributed by atoms with Crippen LogP contribution in [0.15, 0.2) is 24.3 Å². The molecule has 88 valence electrons. The zero-order chi connectivity index (χ0) is 11.5. The summed E-state index contributed by atoms with van der Waals surface area (Å²) in [5, 5.41) is 0. The van der Waals surface area contributed by atoms with Gasteiger partial charge in [-0.2, -0.15) is 0 Å². The van der Waals surface area contributed by atoms with Gasteiger partial charge < -0.3 is 4.90 Å². The van der Waals surface area contributed by atoms with E-state index in [2.05, 4.69) is 55.1 Å². The number of aryl methyl sites for hydroxylation is 1. The molecule has 1 fully saturated rings. The number of rotatable bonds is 4. The summed E-state index contributed by atoms with van der Waals surface area (Å²) in [6.45, 7) is 5.70. The molecule has 1 aliphatic rings. The molecule has 0 radical (unpaired) electrons. The molecule has 1 aromatic carbocycles. The second-order valence-corrected chi connectivity index (χ2v) is 4.96. The van der Waals surface area contributed by atoms with Crippen molar-refractivity contribution in [1.82, 2.24) is 9.80 Å². The first-order valence-electron chi connectivity index (χ1n) is 6.15. The molecule has 1 aromatic rings. The van der Waals surface area contributed by atoms with E-state index in [9.17, 15) is 0 Å². The lowest BCUT2D eigenvalue weighted by Crippen LogP contribution is -2.56. The van der Waals surface area contributed by atoms with E-state index < -0.39 is 0 Å². The Morgan fingerprint density at radius 2 is 1.75 bits per heavy atom. The Labute approximate surface area is 98.9 Å². The molecular weight excluding hydrogens is 196 g/mol. The van der Waals surface area contributed by atoms with Crippen LogP contribution in [0.4, 0.5) is 0 Å². The van der Waals surface area contributed by atoms with Crippen molar-refractivity contribution in [3.63, 3.8) is 0 Å². The second-order valence-electron chi connectivity index (χ2n) is 4.96. The lowest BCUT2D eigenvalue weighted by molar-refractivity contribution is 0.0658. The number of likely N-dealkylation sites (N-methyl/N-ethyl adjacent to an activating group) is 2. The Hall–Kier alpha value is -0.860. The van der Waals surface area contributed by atoms with Crippen molar-refractivity contribution in [2.45, 2.75) is 25.9 Å². The summed E-state index contributed by atoms with van der Waals surface area (Å²) in [6.07, 6.45) is 1.13. The Morgan fingerprint density at radius 3 is 2.25 bits per heavy atom. The molecular formula is C14H22N2. The van der Waals surface area contributed by atoms with Crippen LogP contribution in [-0.4, -0.2) is 43.0 Å². The van der Waals surface area contributed by atoms with Crippen molar-refractivity contribution < 1.29 is 0 Å². The van der Waals surface area contributed by atoms with Crippen LogP contribution in [0.5, 0.6) is 0 Å². The molecule has 0 unspecified atom stereocenters. The van der Waals surface area contributed by atoms with Gasteiger partial charge in [0.15, 0.2) is 0 Å². The van der Waals surface area contributed by atoms with E-state index in [1.165, 1.54) is 24.2 Å². The molecule has 16 heavy (non-hydrogen) atoms. The molecule has 0 spiro atoms. The van der Waals surface area contributed by atoms with Crippen molar-refractivity contribution in [2.24, 2.45) is 0 Å². The molecule has 0 bridgehead atoms. The predicted octanol–water partition coefficient (Wildman–Crippen LogP) is 1.99. The van der Waals surface area contributed by atoms with Crippen molar-refractivity contribution in [3.05, 3.63) is 35.4 Å². The minimum absolute atomic E-state index is 0.746. The first-order valence-corrected chi connectivity index (χ1v) is 6.15. The monoisotopic (exact) mass is 218 g/mol. The van der Waals surface area contributed by atoms with Crippen molar-refractivity contribution in [3.8, 4) is 0 Å². The van der Waals surface area contributed by atoms with Crippen LogP contribution >= 0.6 is 0 Å². The van der Waals surface area contributed by atoms with E-state index in [4.69, 9.17) is 0 Å².